The molecule has 1 aromatic heterocycles. The lowest BCUT2D eigenvalue weighted by atomic mass is 10.0. The van der Waals surface area contributed by atoms with Gasteiger partial charge in [-0.15, -0.1) is 0 Å². The van der Waals surface area contributed by atoms with Gasteiger partial charge >= 0.3 is 11.9 Å². The number of carboxylic acids is 2. The van der Waals surface area contributed by atoms with E-state index in [1.54, 1.807) is 13.8 Å². The number of nitrogens with two attached hydrogens (primary N) is 2. The quantitative estimate of drug-likeness (QED) is 0.0487. The first-order valence-electron chi connectivity index (χ1n) is 17.1. The van der Waals surface area contributed by atoms with Gasteiger partial charge in [-0.2, -0.15) is 0 Å². The van der Waals surface area contributed by atoms with Gasteiger partial charge in [-0.3, -0.25) is 28.8 Å². The number of rotatable bonds is 25. The van der Waals surface area contributed by atoms with Crippen molar-refractivity contribution in [2.45, 2.75) is 128 Å². The summed E-state index contributed by atoms with van der Waals surface area (Å²) in [5.41, 5.74) is 11.9. The second-order valence-electron chi connectivity index (χ2n) is 12.7. The fourth-order valence-corrected chi connectivity index (χ4v) is 4.91. The molecule has 19 nitrogen and oxygen atoms in total. The molecule has 1 aromatic rings. The van der Waals surface area contributed by atoms with Crippen LogP contribution in [0.5, 0.6) is 0 Å². The third-order valence-electron chi connectivity index (χ3n) is 7.96. The summed E-state index contributed by atoms with van der Waals surface area (Å²) >= 11 is 0. The first-order valence-corrected chi connectivity index (χ1v) is 17.1. The normalized spacial score (nSPS) is 15.3. The molecule has 19 heteroatoms. The third-order valence-corrected chi connectivity index (χ3v) is 7.96. The molecule has 0 aliphatic heterocycles. The molecule has 1 rings (SSSR count). The van der Waals surface area contributed by atoms with Gasteiger partial charge in [0.25, 0.3) is 0 Å². The van der Waals surface area contributed by atoms with Gasteiger partial charge in [0, 0.05) is 19.0 Å². The molecule has 0 aromatic carbocycles. The van der Waals surface area contributed by atoms with E-state index in [1.807, 2.05) is 6.92 Å². The van der Waals surface area contributed by atoms with E-state index in [0.717, 1.165) is 6.42 Å². The Morgan fingerprint density at radius 2 is 1.35 bits per heavy atom. The average Bonchev–Trinajstić information content (AvgIpc) is 3.58. The zero-order valence-corrected chi connectivity index (χ0v) is 29.6. The molecule has 0 saturated carbocycles. The molecule has 5 amide bonds. The van der Waals surface area contributed by atoms with Crippen molar-refractivity contribution in [1.29, 1.82) is 0 Å². The minimum atomic E-state index is -1.62. The maximum Gasteiger partial charge on any atom is 0.326 e. The molecule has 0 unspecified atom stereocenters. The number of aliphatic hydroxyl groups is 1. The molecular weight excluding hydrogens is 670 g/mol. The van der Waals surface area contributed by atoms with Crippen molar-refractivity contribution in [3.05, 3.63) is 18.2 Å². The number of carbonyl (C=O) groups excluding carboxylic acids is 5. The van der Waals surface area contributed by atoms with Crippen molar-refractivity contribution in [1.82, 2.24) is 36.6 Å². The minimum absolute atomic E-state index is 0.0485. The van der Waals surface area contributed by atoms with E-state index in [0.29, 0.717) is 37.9 Å². The molecule has 0 saturated heterocycles. The maximum atomic E-state index is 13.5. The van der Waals surface area contributed by atoms with E-state index >= 15 is 0 Å². The number of imidazole rings is 1. The van der Waals surface area contributed by atoms with Crippen molar-refractivity contribution in [2.24, 2.45) is 17.4 Å². The van der Waals surface area contributed by atoms with Gasteiger partial charge in [0.2, 0.25) is 29.5 Å². The number of amides is 5. The molecular formula is C32H55N9O10. The van der Waals surface area contributed by atoms with E-state index in [1.165, 1.54) is 19.4 Å². The Morgan fingerprint density at radius 3 is 1.88 bits per heavy atom. The smallest absolute Gasteiger partial charge is 0.326 e. The number of aromatic nitrogens is 2. The van der Waals surface area contributed by atoms with Crippen molar-refractivity contribution >= 4 is 41.5 Å². The number of H-pyrrole nitrogens is 1. The number of unbranched alkanes of at least 4 members (excludes halogenated alkanes) is 2. The van der Waals surface area contributed by atoms with E-state index in [9.17, 15) is 48.9 Å². The predicted molar refractivity (Wildman–Crippen MR) is 183 cm³/mol. The third kappa shape index (κ3) is 16.3. The molecule has 1 heterocycles. The minimum Gasteiger partial charge on any atom is -0.481 e. The Morgan fingerprint density at radius 1 is 0.765 bits per heavy atom. The number of aliphatic carboxylic acids is 2. The van der Waals surface area contributed by atoms with Gasteiger partial charge in [0.15, 0.2) is 0 Å². The first-order chi connectivity index (χ1) is 24.0. The van der Waals surface area contributed by atoms with Gasteiger partial charge in [-0.05, 0) is 51.5 Å². The van der Waals surface area contributed by atoms with Crippen molar-refractivity contribution < 1.29 is 48.9 Å². The molecule has 0 radical (unpaired) electrons. The summed E-state index contributed by atoms with van der Waals surface area (Å²) in [5, 5.41) is 41.5. The van der Waals surface area contributed by atoms with Crippen LogP contribution >= 0.6 is 0 Å². The first kappa shape index (κ1) is 44.4. The highest BCUT2D eigenvalue weighted by Crippen LogP contribution is 2.09. The summed E-state index contributed by atoms with van der Waals surface area (Å²) in [6.45, 7) is 6.63. The second kappa shape index (κ2) is 23.0. The topological polar surface area (TPSA) is 321 Å². The molecule has 288 valence electrons. The van der Waals surface area contributed by atoms with Crippen molar-refractivity contribution in [2.75, 3.05) is 6.54 Å². The van der Waals surface area contributed by atoms with Crippen LogP contribution in [0.15, 0.2) is 12.5 Å². The molecule has 13 N–H and O–H groups in total. The maximum absolute atomic E-state index is 13.5. The number of carboxylic acid groups (broad SMARTS) is 2. The molecule has 0 aliphatic rings. The Hall–Kier alpha value is -4.62. The van der Waals surface area contributed by atoms with E-state index in [2.05, 4.69) is 36.6 Å². The number of carbonyl (C=O) groups is 7. The lowest BCUT2D eigenvalue weighted by molar-refractivity contribution is -0.143. The van der Waals surface area contributed by atoms with Crippen LogP contribution in [0.3, 0.4) is 0 Å². The van der Waals surface area contributed by atoms with Crippen LogP contribution in [0.25, 0.3) is 0 Å². The largest absolute Gasteiger partial charge is 0.481 e. The van der Waals surface area contributed by atoms with Crippen LogP contribution in [0.1, 0.15) is 84.8 Å². The Labute approximate surface area is 296 Å². The molecule has 0 spiro atoms. The van der Waals surface area contributed by atoms with Crippen molar-refractivity contribution in [3.63, 3.8) is 0 Å². The van der Waals surface area contributed by atoms with Crippen LogP contribution < -0.4 is 38.1 Å². The van der Waals surface area contributed by atoms with Crippen molar-refractivity contribution in [3.8, 4) is 0 Å². The lowest BCUT2D eigenvalue weighted by Gasteiger charge is -2.29. The van der Waals surface area contributed by atoms with Crippen LogP contribution in [0.4, 0.5) is 0 Å². The summed E-state index contributed by atoms with van der Waals surface area (Å²) in [4.78, 5) is 96.2. The number of aromatic amines is 1. The van der Waals surface area contributed by atoms with Gasteiger partial charge in [-0.25, -0.2) is 9.78 Å². The van der Waals surface area contributed by atoms with Crippen LogP contribution in [0, 0.1) is 5.92 Å². The highest BCUT2D eigenvalue weighted by atomic mass is 16.4. The zero-order valence-electron chi connectivity index (χ0n) is 29.6. The monoisotopic (exact) mass is 725 g/mol. The fourth-order valence-electron chi connectivity index (χ4n) is 4.91. The average molecular weight is 726 g/mol. The Balaban J connectivity index is 3.18. The van der Waals surface area contributed by atoms with Gasteiger partial charge in [-0.1, -0.05) is 33.6 Å². The predicted octanol–water partition coefficient (Wildman–Crippen LogP) is -1.99. The Kier molecular flexibility index (Phi) is 20.0. The summed E-state index contributed by atoms with van der Waals surface area (Å²) in [6.07, 6.45) is 3.21. The highest BCUT2D eigenvalue weighted by Gasteiger charge is 2.35. The Bertz CT molecular complexity index is 1290. The molecule has 0 fully saturated rings. The van der Waals surface area contributed by atoms with Gasteiger partial charge in [0.1, 0.15) is 30.2 Å². The van der Waals surface area contributed by atoms with Crippen LogP contribution in [0.2, 0.25) is 0 Å². The number of hydrogen-bond donors (Lipinski definition) is 11. The van der Waals surface area contributed by atoms with E-state index in [-0.39, 0.29) is 12.8 Å². The fraction of sp³-hybridized carbons (Fsp3) is 0.688. The summed E-state index contributed by atoms with van der Waals surface area (Å²) in [6, 6.07) is -7.91. The van der Waals surface area contributed by atoms with Gasteiger partial charge < -0.3 is 58.4 Å². The lowest BCUT2D eigenvalue weighted by Crippen LogP contribution is -2.62. The number of hydrogen-bond acceptors (Lipinski definition) is 11. The van der Waals surface area contributed by atoms with E-state index in [4.69, 9.17) is 11.5 Å². The van der Waals surface area contributed by atoms with E-state index < -0.39 is 103 Å². The van der Waals surface area contributed by atoms with Crippen LogP contribution in [-0.2, 0) is 40.0 Å². The molecule has 51 heavy (non-hydrogen) atoms. The molecule has 7 atom stereocenters. The number of aliphatic hydroxyl groups excluding tert-OH is 1. The SMILES string of the molecule is CCCC[C@H](N)C(=O)N[C@@H](Cc1c[nH]cn1)C(=O)N[C@H](C(=O)N[C@H](C(=O)N[C@@H](CCC(=O)O)C(=O)N[C@@H](CCCCN)C(=O)O)C(C)C)[C@@H](C)O. The highest BCUT2D eigenvalue weighted by molar-refractivity contribution is 5.96. The summed E-state index contributed by atoms with van der Waals surface area (Å²) < 4.78 is 0. The van der Waals surface area contributed by atoms with Crippen LogP contribution in [-0.4, -0.2) is 116 Å². The summed E-state index contributed by atoms with van der Waals surface area (Å²) in [7, 11) is 0. The second-order valence-corrected chi connectivity index (χ2v) is 12.7. The number of nitrogens with zero attached hydrogens (tertiary/aromatic N) is 1. The molecule has 0 bridgehead atoms. The molecule has 0 aliphatic carbocycles. The summed E-state index contributed by atoms with van der Waals surface area (Å²) in [5.74, 6) is -7.48. The zero-order chi connectivity index (χ0) is 38.7. The number of nitrogens with one attached hydrogen (secondary N) is 6. The van der Waals surface area contributed by atoms with Gasteiger partial charge in [0.05, 0.1) is 24.2 Å². The standard InChI is InChI=1S/C32H55N9O10/c1-5-6-9-20(34)27(45)39-23(14-19-15-35-16-36-19)29(47)41-26(18(4)42)31(49)40-25(17(2)3)30(48)37-21(11-12-24(43)44)28(46)38-22(32(50)51)10-7-8-13-33/h15-18,20-23,25-26,42H,5-14,33-34H2,1-4H3,(H,35,36)(H,37,48)(H,38,46)(H,39,45)(H,40,49)(H,41,47)(H,43,44)(H,50,51)/t18-,20+,21+,22+,23+,25+,26+/m1/s1.